The quantitative estimate of drug-likeness (QED) is 0.851. The minimum absolute atomic E-state index is 0.310. The smallest absolute Gasteiger partial charge is 0.309 e. The van der Waals surface area contributed by atoms with Gasteiger partial charge in [-0.05, 0) is 45.6 Å². The molecule has 1 aromatic carbocycles. The van der Waals surface area contributed by atoms with Crippen LogP contribution in [0, 0.1) is 0 Å². The Hall–Kier alpha value is -1.07. The lowest BCUT2D eigenvalue weighted by Crippen LogP contribution is -2.51. The number of halogens is 3. The molecule has 0 heterocycles. The van der Waals surface area contributed by atoms with Gasteiger partial charge < -0.3 is 10.2 Å². The molecule has 0 spiro atoms. The van der Waals surface area contributed by atoms with Crippen molar-refractivity contribution in [2.45, 2.75) is 44.9 Å². The molecular formula is C16H25F3N2. The lowest BCUT2D eigenvalue weighted by Gasteiger charge is -2.44. The van der Waals surface area contributed by atoms with Crippen LogP contribution in [-0.2, 0) is 6.18 Å². The van der Waals surface area contributed by atoms with Crippen molar-refractivity contribution < 1.29 is 13.2 Å². The molecule has 1 rings (SSSR count). The monoisotopic (exact) mass is 302 g/mol. The highest BCUT2D eigenvalue weighted by atomic mass is 19.4. The summed E-state index contributed by atoms with van der Waals surface area (Å²) in [6, 6.07) is 5.45. The molecule has 0 fully saturated rings. The third-order valence-electron chi connectivity index (χ3n) is 4.34. The van der Waals surface area contributed by atoms with Crippen LogP contribution in [0.4, 0.5) is 13.2 Å². The highest BCUT2D eigenvalue weighted by Gasteiger charge is 2.41. The van der Waals surface area contributed by atoms with Gasteiger partial charge in [0.15, 0.2) is 0 Å². The molecule has 0 bridgehead atoms. The van der Waals surface area contributed by atoms with Gasteiger partial charge in [0.25, 0.3) is 0 Å². The molecule has 2 atom stereocenters. The first kappa shape index (κ1) is 18.0. The van der Waals surface area contributed by atoms with Crippen LogP contribution in [0.2, 0.25) is 0 Å². The second-order valence-corrected chi connectivity index (χ2v) is 5.68. The summed E-state index contributed by atoms with van der Waals surface area (Å²) in [6.07, 6.45) is -3.60. The van der Waals surface area contributed by atoms with E-state index in [1.807, 2.05) is 39.8 Å². The Morgan fingerprint density at radius 3 is 2.14 bits per heavy atom. The Kier molecular flexibility index (Phi) is 5.82. The van der Waals surface area contributed by atoms with Crippen LogP contribution in [0.1, 0.15) is 44.4 Å². The highest BCUT2D eigenvalue weighted by molar-refractivity contribution is 5.34. The van der Waals surface area contributed by atoms with Crippen molar-refractivity contribution in [3.05, 3.63) is 35.4 Å². The predicted octanol–water partition coefficient (Wildman–Crippen LogP) is 4.09. The van der Waals surface area contributed by atoms with Crippen LogP contribution in [0.15, 0.2) is 24.3 Å². The molecule has 0 saturated carbocycles. The van der Waals surface area contributed by atoms with E-state index in [4.69, 9.17) is 0 Å². The van der Waals surface area contributed by atoms with Gasteiger partial charge in [0, 0.05) is 5.54 Å². The fourth-order valence-corrected chi connectivity index (χ4v) is 2.65. The number of rotatable bonds is 6. The van der Waals surface area contributed by atoms with E-state index >= 15 is 0 Å². The van der Waals surface area contributed by atoms with Gasteiger partial charge in [0.2, 0.25) is 0 Å². The first-order chi connectivity index (χ1) is 9.68. The standard InChI is InChI=1S/C16H25F3N2/c1-6-15(3,21(4)5)14(20-7-2)12-10-8-9-11-13(12)16(17,18)19/h8-11,14,20H,6-7H2,1-5H3. The summed E-state index contributed by atoms with van der Waals surface area (Å²) >= 11 is 0. The highest BCUT2D eigenvalue weighted by Crippen LogP contribution is 2.40. The maximum absolute atomic E-state index is 13.3. The number of benzene rings is 1. The molecule has 0 aliphatic rings. The summed E-state index contributed by atoms with van der Waals surface area (Å²) < 4.78 is 39.9. The molecule has 2 nitrogen and oxygen atoms in total. The lowest BCUT2D eigenvalue weighted by atomic mass is 9.81. The average molecular weight is 302 g/mol. The van der Waals surface area contributed by atoms with E-state index in [2.05, 4.69) is 5.32 Å². The molecule has 0 aliphatic heterocycles. The van der Waals surface area contributed by atoms with E-state index in [-0.39, 0.29) is 6.04 Å². The second-order valence-electron chi connectivity index (χ2n) is 5.68. The van der Waals surface area contributed by atoms with Gasteiger partial charge in [-0.15, -0.1) is 0 Å². The molecule has 0 saturated heterocycles. The third kappa shape index (κ3) is 3.77. The number of alkyl halides is 3. The van der Waals surface area contributed by atoms with Crippen LogP contribution >= 0.6 is 0 Å². The molecule has 0 aromatic heterocycles. The van der Waals surface area contributed by atoms with Gasteiger partial charge in [-0.3, -0.25) is 0 Å². The van der Waals surface area contributed by atoms with Gasteiger partial charge >= 0.3 is 6.18 Å². The normalized spacial score (nSPS) is 16.8. The Bertz CT molecular complexity index is 457. The SMILES string of the molecule is CCNC(c1ccccc1C(F)(F)F)C(C)(CC)N(C)C. The van der Waals surface area contributed by atoms with Crippen LogP contribution < -0.4 is 5.32 Å². The summed E-state index contributed by atoms with van der Waals surface area (Å²) in [5, 5.41) is 3.24. The average Bonchev–Trinajstić information content (AvgIpc) is 2.42. The molecule has 0 radical (unpaired) electrons. The zero-order chi connectivity index (χ0) is 16.3. The summed E-state index contributed by atoms with van der Waals surface area (Å²) in [5.41, 5.74) is -0.653. The molecule has 120 valence electrons. The van der Waals surface area contributed by atoms with E-state index in [9.17, 15) is 13.2 Å². The number of nitrogens with one attached hydrogen (secondary N) is 1. The second kappa shape index (κ2) is 6.79. The summed E-state index contributed by atoms with van der Waals surface area (Å²) in [4.78, 5) is 1.99. The zero-order valence-electron chi connectivity index (χ0n) is 13.4. The van der Waals surface area contributed by atoms with Crippen molar-refractivity contribution in [2.75, 3.05) is 20.6 Å². The summed E-state index contributed by atoms with van der Waals surface area (Å²) in [6.45, 7) is 6.52. The van der Waals surface area contributed by atoms with Crippen LogP contribution in [0.25, 0.3) is 0 Å². The fourth-order valence-electron chi connectivity index (χ4n) is 2.65. The van der Waals surface area contributed by atoms with Crippen molar-refractivity contribution >= 4 is 0 Å². The van der Waals surface area contributed by atoms with E-state index in [1.54, 1.807) is 12.1 Å². The van der Waals surface area contributed by atoms with E-state index in [1.165, 1.54) is 6.07 Å². The van der Waals surface area contributed by atoms with E-state index < -0.39 is 17.3 Å². The first-order valence-electron chi connectivity index (χ1n) is 7.25. The van der Waals surface area contributed by atoms with Crippen molar-refractivity contribution in [3.8, 4) is 0 Å². The third-order valence-corrected chi connectivity index (χ3v) is 4.34. The maximum Gasteiger partial charge on any atom is 0.416 e. The molecule has 5 heteroatoms. The van der Waals surface area contributed by atoms with Crippen molar-refractivity contribution in [1.29, 1.82) is 0 Å². The summed E-state index contributed by atoms with van der Waals surface area (Å²) in [7, 11) is 3.81. The minimum Gasteiger partial charge on any atom is -0.309 e. The van der Waals surface area contributed by atoms with Crippen LogP contribution in [0.5, 0.6) is 0 Å². The van der Waals surface area contributed by atoms with Crippen molar-refractivity contribution in [1.82, 2.24) is 10.2 Å². The van der Waals surface area contributed by atoms with Gasteiger partial charge in [0.1, 0.15) is 0 Å². The van der Waals surface area contributed by atoms with Crippen molar-refractivity contribution in [2.24, 2.45) is 0 Å². The van der Waals surface area contributed by atoms with Gasteiger partial charge in [-0.25, -0.2) is 0 Å². The van der Waals surface area contributed by atoms with Crippen LogP contribution in [-0.4, -0.2) is 31.1 Å². The van der Waals surface area contributed by atoms with Crippen LogP contribution in [0.3, 0.4) is 0 Å². The fraction of sp³-hybridized carbons (Fsp3) is 0.625. The Morgan fingerprint density at radius 2 is 1.71 bits per heavy atom. The van der Waals surface area contributed by atoms with E-state index in [0.717, 1.165) is 12.5 Å². The lowest BCUT2D eigenvalue weighted by molar-refractivity contribution is -0.138. The molecule has 2 unspecified atom stereocenters. The first-order valence-corrected chi connectivity index (χ1v) is 7.25. The van der Waals surface area contributed by atoms with Gasteiger partial charge in [-0.2, -0.15) is 13.2 Å². The molecular weight excluding hydrogens is 277 g/mol. The predicted molar refractivity (Wildman–Crippen MR) is 80.2 cm³/mol. The maximum atomic E-state index is 13.3. The number of hydrogen-bond donors (Lipinski definition) is 1. The minimum atomic E-state index is -4.34. The Labute approximate surface area is 125 Å². The number of nitrogens with zero attached hydrogens (tertiary/aromatic N) is 1. The molecule has 0 amide bonds. The topological polar surface area (TPSA) is 15.3 Å². The molecule has 0 aliphatic carbocycles. The molecule has 1 N–H and O–H groups in total. The molecule has 21 heavy (non-hydrogen) atoms. The Morgan fingerprint density at radius 1 is 1.14 bits per heavy atom. The van der Waals surface area contributed by atoms with Gasteiger partial charge in [0.05, 0.1) is 11.6 Å². The zero-order valence-corrected chi connectivity index (χ0v) is 13.4. The van der Waals surface area contributed by atoms with E-state index in [0.29, 0.717) is 12.1 Å². The number of likely N-dealkylation sites (N-methyl/N-ethyl adjacent to an activating group) is 2. The van der Waals surface area contributed by atoms with Crippen molar-refractivity contribution in [3.63, 3.8) is 0 Å². The Balaban J connectivity index is 3.43. The number of hydrogen-bond acceptors (Lipinski definition) is 2. The van der Waals surface area contributed by atoms with Gasteiger partial charge in [-0.1, -0.05) is 32.0 Å². The summed E-state index contributed by atoms with van der Waals surface area (Å²) in [5.74, 6) is 0. The molecule has 1 aromatic rings. The largest absolute Gasteiger partial charge is 0.416 e.